The van der Waals surface area contributed by atoms with Crippen molar-refractivity contribution in [2.75, 3.05) is 0 Å². The molecular formula is C16H24BFOSi. The molecule has 0 N–H and O–H groups in total. The van der Waals surface area contributed by atoms with Crippen LogP contribution in [0.15, 0.2) is 12.1 Å². The van der Waals surface area contributed by atoms with Gasteiger partial charge in [0, 0.05) is 0 Å². The van der Waals surface area contributed by atoms with Crippen LogP contribution < -0.4 is 9.89 Å². The maximum absolute atomic E-state index is 14.5. The molecule has 0 aliphatic heterocycles. The van der Waals surface area contributed by atoms with E-state index in [0.717, 1.165) is 18.4 Å². The topological polar surface area (TPSA) is 9.23 Å². The van der Waals surface area contributed by atoms with E-state index in [1.54, 1.807) is 6.07 Å². The molecule has 1 nitrogen and oxygen atoms in total. The zero-order valence-electron chi connectivity index (χ0n) is 13.2. The maximum atomic E-state index is 14.5. The molecule has 2 rings (SSSR count). The lowest BCUT2D eigenvalue weighted by atomic mass is 9.78. The van der Waals surface area contributed by atoms with E-state index in [-0.39, 0.29) is 16.3 Å². The Morgan fingerprint density at radius 2 is 1.85 bits per heavy atom. The van der Waals surface area contributed by atoms with E-state index in [1.807, 2.05) is 6.07 Å². The molecule has 20 heavy (non-hydrogen) atoms. The van der Waals surface area contributed by atoms with Gasteiger partial charge in [-0.2, -0.15) is 0 Å². The molecule has 1 aromatic rings. The van der Waals surface area contributed by atoms with Crippen molar-refractivity contribution in [3.63, 3.8) is 0 Å². The first-order valence-corrected chi connectivity index (χ1v) is 10.3. The summed E-state index contributed by atoms with van der Waals surface area (Å²) >= 11 is 0. The van der Waals surface area contributed by atoms with Gasteiger partial charge in [0.05, 0.1) is 0 Å². The van der Waals surface area contributed by atoms with E-state index in [1.165, 1.54) is 6.42 Å². The van der Waals surface area contributed by atoms with Crippen molar-refractivity contribution in [2.24, 2.45) is 0 Å². The molecule has 0 aromatic heterocycles. The third-order valence-corrected chi connectivity index (χ3v) is 9.19. The van der Waals surface area contributed by atoms with Crippen LogP contribution in [0.2, 0.25) is 18.1 Å². The van der Waals surface area contributed by atoms with Gasteiger partial charge in [-0.15, -0.1) is 0 Å². The monoisotopic (exact) mass is 290 g/mol. The van der Waals surface area contributed by atoms with Crippen molar-refractivity contribution in [1.29, 1.82) is 0 Å². The fourth-order valence-electron chi connectivity index (χ4n) is 2.14. The summed E-state index contributed by atoms with van der Waals surface area (Å²) in [6.45, 7) is 10.8. The molecular weight excluding hydrogens is 266 g/mol. The van der Waals surface area contributed by atoms with Gasteiger partial charge >= 0.3 is 0 Å². The Hall–Kier alpha value is -0.768. The maximum Gasteiger partial charge on any atom is 0.250 e. The summed E-state index contributed by atoms with van der Waals surface area (Å²) in [6.07, 6.45) is 3.46. The highest BCUT2D eigenvalue weighted by Gasteiger charge is 2.40. The summed E-state index contributed by atoms with van der Waals surface area (Å²) in [6, 6.07) is 3.62. The van der Waals surface area contributed by atoms with Gasteiger partial charge < -0.3 is 4.43 Å². The molecule has 0 heterocycles. The summed E-state index contributed by atoms with van der Waals surface area (Å²) in [5, 5.41) is 0.0426. The predicted octanol–water partition coefficient (Wildman–Crippen LogP) is 4.27. The zero-order chi connectivity index (χ0) is 15.1. The molecule has 1 aliphatic carbocycles. The first kappa shape index (κ1) is 15.6. The average Bonchev–Trinajstić information content (AvgIpc) is 2.24. The molecule has 0 bridgehead atoms. The molecule has 0 atom stereocenters. The van der Waals surface area contributed by atoms with Crippen LogP contribution in [0.3, 0.4) is 0 Å². The summed E-state index contributed by atoms with van der Waals surface area (Å²) in [5.74, 6) is 0.477. The molecule has 2 radical (unpaired) electrons. The second-order valence-electron chi connectivity index (χ2n) is 7.38. The molecule has 0 saturated heterocycles. The molecule has 0 unspecified atom stereocenters. The minimum absolute atomic E-state index is 0.0426. The third kappa shape index (κ3) is 2.80. The van der Waals surface area contributed by atoms with Crippen LogP contribution in [0.1, 0.15) is 51.5 Å². The molecule has 1 saturated carbocycles. The van der Waals surface area contributed by atoms with Crippen molar-refractivity contribution in [3.05, 3.63) is 23.5 Å². The van der Waals surface area contributed by atoms with Crippen LogP contribution >= 0.6 is 0 Å². The first-order valence-electron chi connectivity index (χ1n) is 7.40. The fourth-order valence-corrected chi connectivity index (χ4v) is 3.16. The summed E-state index contributed by atoms with van der Waals surface area (Å²) in [4.78, 5) is 0. The standard InChI is InChI=1S/C16H24BFOSi/c1-16(2,3)20(4,5)19-15-12(11-7-6-8-11)9-10-13(17)14(15)18/h9-11H,6-8H2,1-5H3. The first-order chi connectivity index (χ1) is 9.13. The van der Waals surface area contributed by atoms with Gasteiger partial charge in [-0.3, -0.25) is 0 Å². The van der Waals surface area contributed by atoms with Crippen molar-refractivity contribution in [2.45, 2.75) is 64.1 Å². The van der Waals surface area contributed by atoms with Gasteiger partial charge in [-0.25, -0.2) is 4.39 Å². The van der Waals surface area contributed by atoms with Crippen molar-refractivity contribution >= 4 is 21.6 Å². The number of hydrogen-bond donors (Lipinski definition) is 0. The van der Waals surface area contributed by atoms with Gasteiger partial charge in [-0.1, -0.05) is 44.8 Å². The molecule has 1 aromatic carbocycles. The van der Waals surface area contributed by atoms with E-state index in [4.69, 9.17) is 12.3 Å². The van der Waals surface area contributed by atoms with Crippen LogP contribution in [-0.4, -0.2) is 16.2 Å². The normalized spacial score (nSPS) is 16.9. The number of benzene rings is 1. The van der Waals surface area contributed by atoms with Gasteiger partial charge in [0.1, 0.15) is 13.6 Å². The lowest BCUT2D eigenvalue weighted by Crippen LogP contribution is -2.44. The predicted molar refractivity (Wildman–Crippen MR) is 86.2 cm³/mol. The zero-order valence-corrected chi connectivity index (χ0v) is 14.2. The summed E-state index contributed by atoms with van der Waals surface area (Å²) in [7, 11) is 3.68. The highest BCUT2D eigenvalue weighted by molar-refractivity contribution is 6.74. The Labute approximate surface area is 124 Å². The SMILES string of the molecule is [B]c1ccc(C2CCC2)c(O[Si](C)(C)C(C)(C)C)c1F. The minimum atomic E-state index is -2.06. The Morgan fingerprint density at radius 1 is 1.25 bits per heavy atom. The van der Waals surface area contributed by atoms with Gasteiger partial charge in [0.25, 0.3) is 8.32 Å². The lowest BCUT2D eigenvalue weighted by molar-refractivity contribution is 0.393. The van der Waals surface area contributed by atoms with Gasteiger partial charge in [-0.05, 0) is 42.5 Å². The highest BCUT2D eigenvalue weighted by atomic mass is 28.4. The van der Waals surface area contributed by atoms with E-state index in [9.17, 15) is 4.39 Å². The third-order valence-electron chi connectivity index (χ3n) is 4.87. The smallest absolute Gasteiger partial charge is 0.250 e. The quantitative estimate of drug-likeness (QED) is 0.755. The lowest BCUT2D eigenvalue weighted by Gasteiger charge is -2.38. The van der Waals surface area contributed by atoms with Crippen LogP contribution in [0.4, 0.5) is 4.39 Å². The van der Waals surface area contributed by atoms with Crippen LogP contribution in [0.25, 0.3) is 0 Å². The Kier molecular flexibility index (Phi) is 4.07. The molecule has 1 aliphatic rings. The van der Waals surface area contributed by atoms with E-state index in [0.29, 0.717) is 11.7 Å². The Morgan fingerprint density at radius 3 is 2.30 bits per heavy atom. The second kappa shape index (κ2) is 5.21. The van der Waals surface area contributed by atoms with E-state index >= 15 is 0 Å². The fraction of sp³-hybridized carbons (Fsp3) is 0.625. The van der Waals surface area contributed by atoms with Crippen molar-refractivity contribution in [1.82, 2.24) is 0 Å². The van der Waals surface area contributed by atoms with Crippen LogP contribution in [-0.2, 0) is 0 Å². The molecule has 0 amide bonds. The second-order valence-corrected chi connectivity index (χ2v) is 12.1. The molecule has 108 valence electrons. The summed E-state index contributed by atoms with van der Waals surface area (Å²) < 4.78 is 20.7. The van der Waals surface area contributed by atoms with Crippen molar-refractivity contribution in [3.8, 4) is 5.75 Å². The Bertz CT molecular complexity index is 504. The largest absolute Gasteiger partial charge is 0.541 e. The van der Waals surface area contributed by atoms with Crippen LogP contribution in [0.5, 0.6) is 5.75 Å². The highest BCUT2D eigenvalue weighted by Crippen LogP contribution is 2.44. The average molecular weight is 290 g/mol. The van der Waals surface area contributed by atoms with Crippen molar-refractivity contribution < 1.29 is 8.82 Å². The van der Waals surface area contributed by atoms with E-state index < -0.39 is 8.32 Å². The number of halogens is 1. The van der Waals surface area contributed by atoms with E-state index in [2.05, 4.69) is 33.9 Å². The molecule has 0 spiro atoms. The molecule has 4 heteroatoms. The number of hydrogen-bond acceptors (Lipinski definition) is 1. The molecule has 1 fully saturated rings. The summed E-state index contributed by atoms with van der Waals surface area (Å²) in [5.41, 5.74) is 1.19. The van der Waals surface area contributed by atoms with Crippen LogP contribution in [0, 0.1) is 5.82 Å². The van der Waals surface area contributed by atoms with Gasteiger partial charge in [0.2, 0.25) is 0 Å². The Balaban J connectivity index is 2.41. The number of rotatable bonds is 3. The van der Waals surface area contributed by atoms with Gasteiger partial charge in [0.15, 0.2) is 5.82 Å². The minimum Gasteiger partial charge on any atom is -0.541 e.